The van der Waals surface area contributed by atoms with Crippen LogP contribution in [0, 0.1) is 6.92 Å². The van der Waals surface area contributed by atoms with Crippen molar-refractivity contribution in [3.05, 3.63) is 75.8 Å². The van der Waals surface area contributed by atoms with Gasteiger partial charge in [-0.3, -0.25) is 4.79 Å². The number of aliphatic carboxylic acids is 1. The number of hydrogen-bond acceptors (Lipinski definition) is 5. The Kier molecular flexibility index (Phi) is 6.17. The number of methoxy groups -OCH3 is 1. The number of aromatic amines is 1. The molecule has 0 aliphatic heterocycles. The average molecular weight is 448 g/mol. The lowest BCUT2D eigenvalue weighted by molar-refractivity contribution is -0.141. The molecule has 0 spiro atoms. The van der Waals surface area contributed by atoms with E-state index < -0.39 is 17.6 Å². The zero-order valence-electron chi connectivity index (χ0n) is 18.3. The Bertz CT molecular complexity index is 1400. The van der Waals surface area contributed by atoms with Crippen molar-refractivity contribution >= 4 is 33.7 Å². The first-order valence-corrected chi connectivity index (χ1v) is 10.5. The molecule has 2 aromatic heterocycles. The van der Waals surface area contributed by atoms with E-state index in [1.807, 2.05) is 37.3 Å². The fraction of sp³-hybridized carbons (Fsp3) is 0.240. The topological polar surface area (TPSA) is 122 Å². The van der Waals surface area contributed by atoms with Gasteiger partial charge in [0.25, 0.3) is 0 Å². The molecule has 2 aromatic carbocycles. The molecule has 1 atom stereocenters. The second-order valence-electron chi connectivity index (χ2n) is 7.93. The monoisotopic (exact) mass is 448 g/mol. The lowest BCUT2D eigenvalue weighted by Crippen LogP contribution is -2.42. The second kappa shape index (κ2) is 9.20. The summed E-state index contributed by atoms with van der Waals surface area (Å²) in [7, 11) is 1.50. The summed E-state index contributed by atoms with van der Waals surface area (Å²) in [6, 6.07) is 11.4. The number of benzene rings is 2. The Labute approximate surface area is 189 Å². The molecule has 33 heavy (non-hydrogen) atoms. The Hall–Kier alpha value is -4.07. The summed E-state index contributed by atoms with van der Waals surface area (Å²) in [6.45, 7) is 1.81. The molecule has 0 saturated carbocycles. The van der Waals surface area contributed by atoms with Gasteiger partial charge in [0.05, 0.1) is 7.11 Å². The standard InChI is InChI=1S/C25H24N2O6/c1-14-9-24(29)33-22-12-21(32-2)15(10-18(14)22)7-8-23(28)27-20(25(30)31)11-16-13-26-19-6-4-3-5-17(16)19/h3-6,9-10,12-13,20,26H,7-8,11H2,1-2H3,(H,27,28)(H,30,31). The molecule has 4 rings (SSSR count). The number of fused-ring (bicyclic) bond motifs is 2. The first kappa shape index (κ1) is 22.1. The minimum atomic E-state index is -1.09. The molecular formula is C25H24N2O6. The van der Waals surface area contributed by atoms with Crippen LogP contribution < -0.4 is 15.7 Å². The van der Waals surface area contributed by atoms with Crippen LogP contribution >= 0.6 is 0 Å². The van der Waals surface area contributed by atoms with Gasteiger partial charge in [-0.1, -0.05) is 18.2 Å². The number of hydrogen-bond donors (Lipinski definition) is 3. The third kappa shape index (κ3) is 4.74. The summed E-state index contributed by atoms with van der Waals surface area (Å²) in [5.74, 6) is -0.971. The molecule has 0 aliphatic carbocycles. The third-order valence-corrected chi connectivity index (χ3v) is 5.71. The van der Waals surface area contributed by atoms with Gasteiger partial charge in [-0.2, -0.15) is 0 Å². The van der Waals surface area contributed by atoms with E-state index in [1.54, 1.807) is 12.3 Å². The summed E-state index contributed by atoms with van der Waals surface area (Å²) in [5, 5.41) is 14.0. The molecule has 1 amide bonds. The van der Waals surface area contributed by atoms with Crippen molar-refractivity contribution in [3.63, 3.8) is 0 Å². The zero-order valence-corrected chi connectivity index (χ0v) is 18.3. The number of nitrogens with one attached hydrogen (secondary N) is 2. The molecule has 0 fully saturated rings. The van der Waals surface area contributed by atoms with Gasteiger partial charge in [-0.15, -0.1) is 0 Å². The smallest absolute Gasteiger partial charge is 0.336 e. The lowest BCUT2D eigenvalue weighted by Gasteiger charge is -2.15. The Morgan fingerprint density at radius 1 is 1.15 bits per heavy atom. The van der Waals surface area contributed by atoms with E-state index >= 15 is 0 Å². The highest BCUT2D eigenvalue weighted by Gasteiger charge is 2.22. The molecule has 2 heterocycles. The summed E-state index contributed by atoms with van der Waals surface area (Å²) >= 11 is 0. The number of ether oxygens (including phenoxy) is 1. The van der Waals surface area contributed by atoms with Crippen LogP contribution in [0.4, 0.5) is 0 Å². The van der Waals surface area contributed by atoms with Gasteiger partial charge < -0.3 is 24.6 Å². The summed E-state index contributed by atoms with van der Waals surface area (Å²) in [4.78, 5) is 39.2. The molecule has 3 N–H and O–H groups in total. The van der Waals surface area contributed by atoms with Gasteiger partial charge in [0.1, 0.15) is 17.4 Å². The van der Waals surface area contributed by atoms with E-state index in [9.17, 15) is 19.5 Å². The molecule has 0 aliphatic rings. The van der Waals surface area contributed by atoms with Gasteiger partial charge in [0.2, 0.25) is 5.91 Å². The maximum absolute atomic E-state index is 12.6. The number of carbonyl (C=O) groups is 2. The molecule has 8 nitrogen and oxygen atoms in total. The van der Waals surface area contributed by atoms with Crippen LogP contribution in [-0.2, 0) is 22.4 Å². The second-order valence-corrected chi connectivity index (χ2v) is 7.93. The Morgan fingerprint density at radius 3 is 2.70 bits per heavy atom. The Balaban J connectivity index is 1.48. The zero-order chi connectivity index (χ0) is 23.5. The van der Waals surface area contributed by atoms with Crippen molar-refractivity contribution in [2.45, 2.75) is 32.2 Å². The molecule has 0 radical (unpaired) electrons. The maximum Gasteiger partial charge on any atom is 0.336 e. The van der Waals surface area contributed by atoms with E-state index in [0.29, 0.717) is 17.8 Å². The van der Waals surface area contributed by atoms with Crippen molar-refractivity contribution in [3.8, 4) is 5.75 Å². The summed E-state index contributed by atoms with van der Waals surface area (Å²) in [5.41, 5.74) is 3.24. The summed E-state index contributed by atoms with van der Waals surface area (Å²) in [6.07, 6.45) is 2.36. The van der Waals surface area contributed by atoms with E-state index in [1.165, 1.54) is 13.2 Å². The van der Waals surface area contributed by atoms with E-state index in [2.05, 4.69) is 10.3 Å². The lowest BCUT2D eigenvalue weighted by atomic mass is 10.0. The predicted molar refractivity (Wildman–Crippen MR) is 124 cm³/mol. The minimum Gasteiger partial charge on any atom is -0.496 e. The molecule has 4 aromatic rings. The van der Waals surface area contributed by atoms with E-state index in [-0.39, 0.29) is 18.7 Å². The Morgan fingerprint density at radius 2 is 1.94 bits per heavy atom. The van der Waals surface area contributed by atoms with Crippen LogP contribution in [0.15, 0.2) is 57.9 Å². The number of aromatic nitrogens is 1. The number of H-pyrrole nitrogens is 1. The fourth-order valence-corrected chi connectivity index (χ4v) is 4.01. The van der Waals surface area contributed by atoms with Crippen LogP contribution in [0.25, 0.3) is 21.9 Å². The molecule has 170 valence electrons. The van der Waals surface area contributed by atoms with E-state index in [4.69, 9.17) is 9.15 Å². The predicted octanol–water partition coefficient (Wildman–Crippen LogP) is 3.34. The molecule has 8 heteroatoms. The highest BCUT2D eigenvalue weighted by molar-refractivity contribution is 5.87. The highest BCUT2D eigenvalue weighted by Crippen LogP contribution is 2.28. The number of carbonyl (C=O) groups excluding carboxylic acids is 1. The molecular weight excluding hydrogens is 424 g/mol. The van der Waals surface area contributed by atoms with Gasteiger partial charge in [0, 0.05) is 47.5 Å². The van der Waals surface area contributed by atoms with Gasteiger partial charge in [-0.25, -0.2) is 9.59 Å². The maximum atomic E-state index is 12.6. The van der Waals surface area contributed by atoms with Crippen LogP contribution in [0.1, 0.15) is 23.1 Å². The summed E-state index contributed by atoms with van der Waals surface area (Å²) < 4.78 is 10.6. The van der Waals surface area contributed by atoms with Crippen LogP contribution in [0.3, 0.4) is 0 Å². The first-order chi connectivity index (χ1) is 15.9. The quantitative estimate of drug-likeness (QED) is 0.356. The van der Waals surface area contributed by atoms with Crippen LogP contribution in [0.5, 0.6) is 5.75 Å². The van der Waals surface area contributed by atoms with Crippen molar-refractivity contribution in [2.75, 3.05) is 7.11 Å². The van der Waals surface area contributed by atoms with Crippen molar-refractivity contribution in [2.24, 2.45) is 0 Å². The number of amides is 1. The molecule has 1 unspecified atom stereocenters. The van der Waals surface area contributed by atoms with Gasteiger partial charge in [0.15, 0.2) is 0 Å². The van der Waals surface area contributed by atoms with Gasteiger partial charge >= 0.3 is 11.6 Å². The van der Waals surface area contributed by atoms with Crippen molar-refractivity contribution in [1.29, 1.82) is 0 Å². The third-order valence-electron chi connectivity index (χ3n) is 5.71. The number of para-hydroxylation sites is 1. The number of carboxylic acids is 1. The molecule has 0 bridgehead atoms. The van der Waals surface area contributed by atoms with Crippen molar-refractivity contribution < 1.29 is 23.8 Å². The minimum absolute atomic E-state index is 0.0787. The van der Waals surface area contributed by atoms with Crippen LogP contribution in [0.2, 0.25) is 0 Å². The fourth-order valence-electron chi connectivity index (χ4n) is 4.01. The van der Waals surface area contributed by atoms with E-state index in [0.717, 1.165) is 33.0 Å². The number of carboxylic acid groups (broad SMARTS) is 1. The largest absolute Gasteiger partial charge is 0.496 e. The highest BCUT2D eigenvalue weighted by atomic mass is 16.5. The number of aryl methyl sites for hydroxylation is 2. The SMILES string of the molecule is COc1cc2oc(=O)cc(C)c2cc1CCC(=O)NC(Cc1c[nH]c2ccccc12)C(=O)O. The normalized spacial score (nSPS) is 12.1. The average Bonchev–Trinajstić information content (AvgIpc) is 3.19. The first-order valence-electron chi connectivity index (χ1n) is 10.5. The van der Waals surface area contributed by atoms with Gasteiger partial charge in [-0.05, 0) is 42.2 Å². The van der Waals surface area contributed by atoms with Crippen molar-refractivity contribution in [1.82, 2.24) is 10.3 Å². The number of rotatable bonds is 8. The molecule has 0 saturated heterocycles. The van der Waals surface area contributed by atoms with Crippen LogP contribution in [-0.4, -0.2) is 35.1 Å².